The lowest BCUT2D eigenvalue weighted by Crippen LogP contribution is -1.83. The van der Waals surface area contributed by atoms with Gasteiger partial charge in [0.2, 0.25) is 0 Å². The third-order valence-corrected chi connectivity index (χ3v) is 2.11. The maximum atomic E-state index is 3.24. The standard InChI is InChI=1S/C9H10/c1-2-7-4-3-5-8-6-9(7)8/h3-4,9H,2,6H2,1H3. The molecule has 2 rings (SSSR count). The lowest BCUT2D eigenvalue weighted by Gasteiger charge is -1.98. The first kappa shape index (κ1) is 5.08. The van der Waals surface area contributed by atoms with Crippen molar-refractivity contribution in [1.29, 1.82) is 0 Å². The van der Waals surface area contributed by atoms with Gasteiger partial charge < -0.3 is 0 Å². The Bertz CT molecular complexity index is 224. The van der Waals surface area contributed by atoms with Gasteiger partial charge in [0.1, 0.15) is 0 Å². The molecule has 0 heteroatoms. The first-order valence-electron chi connectivity index (χ1n) is 3.56. The molecule has 0 aromatic rings. The van der Waals surface area contributed by atoms with Crippen LogP contribution in [0.25, 0.3) is 0 Å². The van der Waals surface area contributed by atoms with E-state index < -0.39 is 0 Å². The SMILES string of the molecule is CCC1=CC=C=C2CC21. The van der Waals surface area contributed by atoms with Crippen LogP contribution in [0, 0.1) is 5.92 Å². The van der Waals surface area contributed by atoms with E-state index in [1.807, 2.05) is 0 Å². The van der Waals surface area contributed by atoms with Crippen molar-refractivity contribution in [2.45, 2.75) is 19.8 Å². The summed E-state index contributed by atoms with van der Waals surface area (Å²) < 4.78 is 0. The van der Waals surface area contributed by atoms with Crippen LogP contribution in [0.2, 0.25) is 0 Å². The van der Waals surface area contributed by atoms with Gasteiger partial charge in [-0.25, -0.2) is 0 Å². The molecule has 1 fully saturated rings. The molecular formula is C9H10. The van der Waals surface area contributed by atoms with Gasteiger partial charge in [0.25, 0.3) is 0 Å². The molecule has 0 bridgehead atoms. The largest absolute Gasteiger partial charge is 0.121 e. The van der Waals surface area contributed by atoms with Gasteiger partial charge in [0.05, 0.1) is 0 Å². The average Bonchev–Trinajstić information content (AvgIpc) is 2.64. The molecule has 46 valence electrons. The molecule has 0 N–H and O–H groups in total. The molecule has 9 heavy (non-hydrogen) atoms. The van der Waals surface area contributed by atoms with E-state index in [9.17, 15) is 0 Å². The second-order valence-electron chi connectivity index (χ2n) is 2.69. The van der Waals surface area contributed by atoms with Crippen molar-refractivity contribution in [2.75, 3.05) is 0 Å². The van der Waals surface area contributed by atoms with Crippen molar-refractivity contribution in [3.8, 4) is 0 Å². The van der Waals surface area contributed by atoms with Crippen molar-refractivity contribution in [2.24, 2.45) is 5.92 Å². The van der Waals surface area contributed by atoms with Gasteiger partial charge >= 0.3 is 0 Å². The van der Waals surface area contributed by atoms with E-state index in [4.69, 9.17) is 0 Å². The van der Waals surface area contributed by atoms with Crippen LogP contribution >= 0.6 is 0 Å². The lowest BCUT2D eigenvalue weighted by molar-refractivity contribution is 0.932. The van der Waals surface area contributed by atoms with Crippen molar-refractivity contribution >= 4 is 0 Å². The van der Waals surface area contributed by atoms with Gasteiger partial charge in [0, 0.05) is 5.92 Å². The predicted molar refractivity (Wildman–Crippen MR) is 38.1 cm³/mol. The van der Waals surface area contributed by atoms with Crippen LogP contribution in [0.3, 0.4) is 0 Å². The van der Waals surface area contributed by atoms with E-state index >= 15 is 0 Å². The second-order valence-corrected chi connectivity index (χ2v) is 2.69. The minimum atomic E-state index is 0.819. The summed E-state index contributed by atoms with van der Waals surface area (Å²) >= 11 is 0. The Labute approximate surface area is 55.6 Å². The van der Waals surface area contributed by atoms with Crippen LogP contribution in [-0.4, -0.2) is 0 Å². The molecular weight excluding hydrogens is 108 g/mol. The Balaban J connectivity index is 2.32. The summed E-state index contributed by atoms with van der Waals surface area (Å²) in [5.74, 6) is 0.819. The molecule has 0 aliphatic heterocycles. The fourth-order valence-corrected chi connectivity index (χ4v) is 1.41. The molecule has 1 unspecified atom stereocenters. The Morgan fingerprint density at radius 2 is 2.67 bits per heavy atom. The normalized spacial score (nSPS) is 28.8. The third kappa shape index (κ3) is 0.674. The zero-order valence-electron chi connectivity index (χ0n) is 5.65. The molecule has 1 atom stereocenters. The molecule has 2 aliphatic rings. The Morgan fingerprint density at radius 1 is 1.78 bits per heavy atom. The number of hydrogen-bond acceptors (Lipinski definition) is 0. The highest BCUT2D eigenvalue weighted by atomic mass is 14.4. The molecule has 0 saturated heterocycles. The van der Waals surface area contributed by atoms with E-state index in [0.29, 0.717) is 0 Å². The first-order valence-corrected chi connectivity index (χ1v) is 3.56. The Morgan fingerprint density at radius 3 is 3.33 bits per heavy atom. The summed E-state index contributed by atoms with van der Waals surface area (Å²) in [6.45, 7) is 2.22. The van der Waals surface area contributed by atoms with Gasteiger partial charge in [-0.15, -0.1) is 5.73 Å². The number of rotatable bonds is 1. The van der Waals surface area contributed by atoms with Gasteiger partial charge in [-0.05, 0) is 24.5 Å². The van der Waals surface area contributed by atoms with E-state index in [0.717, 1.165) is 5.92 Å². The molecule has 2 aliphatic carbocycles. The topological polar surface area (TPSA) is 0 Å². The maximum absolute atomic E-state index is 3.24. The molecule has 0 amide bonds. The molecule has 0 nitrogen and oxygen atoms in total. The van der Waals surface area contributed by atoms with Gasteiger partial charge in [-0.2, -0.15) is 0 Å². The molecule has 0 radical (unpaired) electrons. The number of hydrogen-bond donors (Lipinski definition) is 0. The van der Waals surface area contributed by atoms with Crippen LogP contribution in [0.4, 0.5) is 0 Å². The zero-order chi connectivity index (χ0) is 6.27. The molecule has 0 aromatic heterocycles. The zero-order valence-corrected chi connectivity index (χ0v) is 5.65. The van der Waals surface area contributed by atoms with Crippen molar-refractivity contribution < 1.29 is 0 Å². The first-order chi connectivity index (χ1) is 4.42. The van der Waals surface area contributed by atoms with Crippen molar-refractivity contribution in [3.63, 3.8) is 0 Å². The quantitative estimate of drug-likeness (QED) is 0.464. The predicted octanol–water partition coefficient (Wildman–Crippen LogP) is 2.44. The molecule has 1 saturated carbocycles. The van der Waals surface area contributed by atoms with Gasteiger partial charge in [-0.3, -0.25) is 0 Å². The highest BCUT2D eigenvalue weighted by Gasteiger charge is 2.32. The highest BCUT2D eigenvalue weighted by Crippen LogP contribution is 2.45. The smallest absolute Gasteiger partial charge is 0.0130 e. The lowest BCUT2D eigenvalue weighted by atomic mass is 10.1. The van der Waals surface area contributed by atoms with E-state index in [1.165, 1.54) is 18.4 Å². The van der Waals surface area contributed by atoms with Crippen LogP contribution in [0.5, 0.6) is 0 Å². The Hall–Kier alpha value is -0.740. The number of fused-ring (bicyclic) bond motifs is 1. The maximum Gasteiger partial charge on any atom is 0.0130 e. The van der Waals surface area contributed by atoms with Crippen LogP contribution in [0.1, 0.15) is 19.8 Å². The van der Waals surface area contributed by atoms with E-state index in [2.05, 4.69) is 24.8 Å². The van der Waals surface area contributed by atoms with Crippen molar-refractivity contribution in [3.05, 3.63) is 29.0 Å². The van der Waals surface area contributed by atoms with Crippen LogP contribution < -0.4 is 0 Å². The fraction of sp³-hybridized carbons (Fsp3) is 0.444. The minimum absolute atomic E-state index is 0.819. The summed E-state index contributed by atoms with van der Waals surface area (Å²) in [5, 5.41) is 0. The Kier molecular flexibility index (Phi) is 0.913. The highest BCUT2D eigenvalue weighted by molar-refractivity contribution is 5.40. The summed E-state index contributed by atoms with van der Waals surface area (Å²) in [5.41, 5.74) is 6.36. The van der Waals surface area contributed by atoms with Crippen LogP contribution in [0.15, 0.2) is 29.0 Å². The summed E-state index contributed by atoms with van der Waals surface area (Å²) in [4.78, 5) is 0. The summed E-state index contributed by atoms with van der Waals surface area (Å²) in [6.07, 6.45) is 6.77. The van der Waals surface area contributed by atoms with Crippen LogP contribution in [-0.2, 0) is 0 Å². The third-order valence-electron chi connectivity index (χ3n) is 2.11. The molecule has 0 heterocycles. The summed E-state index contributed by atoms with van der Waals surface area (Å²) in [6, 6.07) is 0. The monoisotopic (exact) mass is 118 g/mol. The van der Waals surface area contributed by atoms with Gasteiger partial charge in [0.15, 0.2) is 0 Å². The fourth-order valence-electron chi connectivity index (χ4n) is 1.41. The minimum Gasteiger partial charge on any atom is -0.121 e. The molecule has 0 aromatic carbocycles. The van der Waals surface area contributed by atoms with Crippen molar-refractivity contribution in [1.82, 2.24) is 0 Å². The second kappa shape index (κ2) is 1.62. The average molecular weight is 118 g/mol. The van der Waals surface area contributed by atoms with E-state index in [1.54, 1.807) is 5.57 Å². The summed E-state index contributed by atoms with van der Waals surface area (Å²) in [7, 11) is 0. The van der Waals surface area contributed by atoms with Gasteiger partial charge in [-0.1, -0.05) is 18.6 Å². The van der Waals surface area contributed by atoms with E-state index in [-0.39, 0.29) is 0 Å². The number of allylic oxidation sites excluding steroid dienone is 3. The molecule has 0 spiro atoms.